The van der Waals surface area contributed by atoms with Crippen LogP contribution < -0.4 is 12.4 Å². The summed E-state index contributed by atoms with van der Waals surface area (Å²) in [6.45, 7) is 7.97. The van der Waals surface area contributed by atoms with Crippen LogP contribution in [0.25, 0.3) is 0 Å². The molecule has 0 N–H and O–H groups in total. The molecule has 19 heavy (non-hydrogen) atoms. The molecular weight excluding hydrogens is 262 g/mol. The molecule has 0 saturated carbocycles. The minimum atomic E-state index is -0.332. The third kappa shape index (κ3) is 5.45. The van der Waals surface area contributed by atoms with E-state index < -0.39 is 0 Å². The van der Waals surface area contributed by atoms with Crippen LogP contribution in [0.1, 0.15) is 19.4 Å². The number of carbonyl (C=O) groups is 1. The summed E-state index contributed by atoms with van der Waals surface area (Å²) in [6.07, 6.45) is -0.214. The molecule has 1 aromatic carbocycles. The molecule has 0 heterocycles. The Kier molecular flexibility index (Phi) is 6.81. The van der Waals surface area contributed by atoms with E-state index in [-0.39, 0.29) is 24.6 Å². The number of benzene rings is 1. The van der Waals surface area contributed by atoms with Gasteiger partial charge in [0.05, 0.1) is 14.1 Å². The van der Waals surface area contributed by atoms with Gasteiger partial charge in [-0.15, -0.1) is 0 Å². The fraction of sp³-hybridized carbons (Fsp3) is 0.400. The highest BCUT2D eigenvalue weighted by Crippen LogP contribution is 2.15. The third-order valence-electron chi connectivity index (χ3n) is 3.04. The van der Waals surface area contributed by atoms with Crippen LogP contribution in [0.5, 0.6) is 0 Å². The van der Waals surface area contributed by atoms with Crippen LogP contribution in [0.3, 0.4) is 0 Å². The Morgan fingerprint density at radius 1 is 1.32 bits per heavy atom. The lowest BCUT2D eigenvalue weighted by atomic mass is 10.2. The largest absolute Gasteiger partial charge is 1.00 e. The molecule has 1 unspecified atom stereocenters. The molecule has 0 aliphatic heterocycles. The first-order valence-electron chi connectivity index (χ1n) is 6.06. The molecule has 4 heteroatoms. The smallest absolute Gasteiger partial charge is 0.337 e. The molecule has 0 aliphatic carbocycles. The summed E-state index contributed by atoms with van der Waals surface area (Å²) in [4.78, 5) is 11.5. The van der Waals surface area contributed by atoms with Gasteiger partial charge in [0, 0.05) is 18.1 Å². The zero-order valence-corrected chi connectivity index (χ0v) is 12.8. The quantitative estimate of drug-likeness (QED) is 0.322. The first-order valence-corrected chi connectivity index (χ1v) is 6.06. The lowest BCUT2D eigenvalue weighted by Crippen LogP contribution is -3.00. The van der Waals surface area contributed by atoms with Crippen LogP contribution in [0, 0.1) is 0 Å². The number of hydrogen-bond donors (Lipinski definition) is 0. The first-order chi connectivity index (χ1) is 8.33. The summed E-state index contributed by atoms with van der Waals surface area (Å²) >= 11 is 0. The van der Waals surface area contributed by atoms with Gasteiger partial charge < -0.3 is 17.1 Å². The lowest BCUT2D eigenvalue weighted by Gasteiger charge is -2.35. The number of nitrogens with zero attached hydrogens (tertiary/aromatic N) is 1. The standard InChI is InChI=1S/C15H22NO2.ClH/c1-12(2)15(17)18-13(3)16(4,5)11-14-9-7-6-8-10-14;/h6-10,13H,1,11H2,2-5H3;1H/q+1;/p-1. The highest BCUT2D eigenvalue weighted by molar-refractivity contribution is 5.86. The zero-order chi connectivity index (χ0) is 13.8. The summed E-state index contributed by atoms with van der Waals surface area (Å²) < 4.78 is 5.97. The van der Waals surface area contributed by atoms with E-state index in [0.29, 0.717) is 10.1 Å². The van der Waals surface area contributed by atoms with Crippen LogP contribution in [0.15, 0.2) is 42.5 Å². The van der Waals surface area contributed by atoms with Gasteiger partial charge >= 0.3 is 5.97 Å². The third-order valence-corrected chi connectivity index (χ3v) is 3.04. The van der Waals surface area contributed by atoms with Crippen LogP contribution in [0.4, 0.5) is 0 Å². The molecule has 0 fully saturated rings. The van der Waals surface area contributed by atoms with Crippen molar-refractivity contribution < 1.29 is 26.4 Å². The monoisotopic (exact) mass is 283 g/mol. The highest BCUT2D eigenvalue weighted by Gasteiger charge is 2.27. The summed E-state index contributed by atoms with van der Waals surface area (Å²) in [6, 6.07) is 10.2. The predicted octanol–water partition coefficient (Wildman–Crippen LogP) is -0.268. The number of quaternary nitrogens is 1. The molecule has 0 aromatic heterocycles. The van der Waals surface area contributed by atoms with Crippen molar-refractivity contribution in [2.75, 3.05) is 14.1 Å². The van der Waals surface area contributed by atoms with E-state index in [0.717, 1.165) is 6.54 Å². The fourth-order valence-electron chi connectivity index (χ4n) is 1.58. The summed E-state index contributed by atoms with van der Waals surface area (Å²) in [5, 5.41) is 0. The molecular formula is C15H22ClNO2. The van der Waals surface area contributed by atoms with Gasteiger partial charge in [-0.3, -0.25) is 4.48 Å². The van der Waals surface area contributed by atoms with Crippen molar-refractivity contribution in [3.05, 3.63) is 48.0 Å². The molecule has 0 bridgehead atoms. The minimum absolute atomic E-state index is 0. The second-order valence-corrected chi connectivity index (χ2v) is 5.21. The number of halogens is 1. The Morgan fingerprint density at radius 3 is 2.32 bits per heavy atom. The van der Waals surface area contributed by atoms with Gasteiger partial charge in [0.1, 0.15) is 6.54 Å². The van der Waals surface area contributed by atoms with Crippen molar-refractivity contribution in [2.45, 2.75) is 26.6 Å². The number of ether oxygens (including phenoxy) is 1. The topological polar surface area (TPSA) is 26.3 Å². The van der Waals surface area contributed by atoms with Gasteiger partial charge in [0.2, 0.25) is 6.23 Å². The van der Waals surface area contributed by atoms with E-state index in [4.69, 9.17) is 4.74 Å². The number of carbonyl (C=O) groups excluding carboxylic acids is 1. The molecule has 106 valence electrons. The van der Waals surface area contributed by atoms with Crippen molar-refractivity contribution in [1.29, 1.82) is 0 Å². The number of hydrogen-bond acceptors (Lipinski definition) is 2. The van der Waals surface area contributed by atoms with E-state index >= 15 is 0 Å². The van der Waals surface area contributed by atoms with E-state index in [9.17, 15) is 4.79 Å². The average Bonchev–Trinajstić information content (AvgIpc) is 2.29. The van der Waals surface area contributed by atoms with Gasteiger partial charge in [-0.05, 0) is 6.92 Å². The molecule has 1 atom stereocenters. The van der Waals surface area contributed by atoms with Gasteiger partial charge in [0.15, 0.2) is 0 Å². The van der Waals surface area contributed by atoms with Crippen LogP contribution >= 0.6 is 0 Å². The van der Waals surface area contributed by atoms with E-state index in [1.165, 1.54) is 5.56 Å². The minimum Gasteiger partial charge on any atom is -1.00 e. The Morgan fingerprint density at radius 2 is 1.84 bits per heavy atom. The predicted molar refractivity (Wildman–Crippen MR) is 72.6 cm³/mol. The molecule has 0 amide bonds. The summed E-state index contributed by atoms with van der Waals surface area (Å²) in [5.74, 6) is -0.332. The Bertz CT molecular complexity index is 429. The van der Waals surface area contributed by atoms with Crippen LogP contribution in [-0.4, -0.2) is 30.8 Å². The average molecular weight is 284 g/mol. The SMILES string of the molecule is C=C(C)C(=O)OC(C)[N+](C)(C)Cc1ccccc1.[Cl-]. The Labute approximate surface area is 121 Å². The fourth-order valence-corrected chi connectivity index (χ4v) is 1.58. The number of rotatable bonds is 5. The lowest BCUT2D eigenvalue weighted by molar-refractivity contribution is -0.945. The van der Waals surface area contributed by atoms with Gasteiger partial charge in [-0.2, -0.15) is 0 Å². The normalized spacial score (nSPS) is 12.2. The van der Waals surface area contributed by atoms with Crippen molar-refractivity contribution in [1.82, 2.24) is 0 Å². The summed E-state index contributed by atoms with van der Waals surface area (Å²) in [5.41, 5.74) is 1.65. The van der Waals surface area contributed by atoms with Gasteiger partial charge in [-0.1, -0.05) is 36.9 Å². The molecule has 0 saturated heterocycles. The molecule has 0 radical (unpaired) electrons. The van der Waals surface area contributed by atoms with Gasteiger partial charge in [-0.25, -0.2) is 4.79 Å². The van der Waals surface area contributed by atoms with Crippen molar-refractivity contribution in [2.24, 2.45) is 0 Å². The maximum atomic E-state index is 11.5. The Balaban J connectivity index is 0.00000324. The van der Waals surface area contributed by atoms with Crippen LogP contribution in [0.2, 0.25) is 0 Å². The van der Waals surface area contributed by atoms with Crippen molar-refractivity contribution >= 4 is 5.97 Å². The maximum absolute atomic E-state index is 11.5. The second kappa shape index (κ2) is 7.31. The number of esters is 1. The van der Waals surface area contributed by atoms with Crippen LogP contribution in [-0.2, 0) is 16.1 Å². The molecule has 0 aliphatic rings. The van der Waals surface area contributed by atoms with E-state index in [2.05, 4.69) is 18.7 Å². The first kappa shape index (κ1) is 17.7. The zero-order valence-electron chi connectivity index (χ0n) is 12.0. The second-order valence-electron chi connectivity index (χ2n) is 5.21. The van der Waals surface area contributed by atoms with Crippen molar-refractivity contribution in [3.8, 4) is 0 Å². The van der Waals surface area contributed by atoms with E-state index in [1.807, 2.05) is 39.2 Å². The van der Waals surface area contributed by atoms with Gasteiger partial charge in [0.25, 0.3) is 0 Å². The maximum Gasteiger partial charge on any atom is 0.337 e. The summed E-state index contributed by atoms with van der Waals surface area (Å²) in [7, 11) is 4.09. The molecule has 3 nitrogen and oxygen atoms in total. The molecule has 0 spiro atoms. The molecule has 1 aromatic rings. The van der Waals surface area contributed by atoms with Crippen molar-refractivity contribution in [3.63, 3.8) is 0 Å². The van der Waals surface area contributed by atoms with E-state index in [1.54, 1.807) is 6.92 Å². The molecule has 1 rings (SSSR count). The highest BCUT2D eigenvalue weighted by atomic mass is 35.5. The Hall–Kier alpha value is -1.32.